The van der Waals surface area contributed by atoms with Crippen molar-refractivity contribution >= 4 is 5.97 Å². The van der Waals surface area contributed by atoms with Crippen molar-refractivity contribution in [3.63, 3.8) is 0 Å². The van der Waals surface area contributed by atoms with E-state index in [9.17, 15) is 4.79 Å². The summed E-state index contributed by atoms with van der Waals surface area (Å²) >= 11 is 0. The number of carbonyl (C=O) groups is 1. The van der Waals surface area contributed by atoms with E-state index in [1.807, 2.05) is 0 Å². The SMILES string of the molecule is C=C(CCC)COC(C)=O. The molecule has 0 aromatic rings. The fourth-order valence-corrected chi connectivity index (χ4v) is 0.629. The minimum absolute atomic E-state index is 0.239. The molecule has 0 aliphatic carbocycles. The summed E-state index contributed by atoms with van der Waals surface area (Å²) in [6.45, 7) is 7.59. The van der Waals surface area contributed by atoms with Crippen LogP contribution in [0.15, 0.2) is 12.2 Å². The van der Waals surface area contributed by atoms with E-state index in [0.29, 0.717) is 6.61 Å². The number of ether oxygens (including phenoxy) is 1. The molecule has 58 valence electrons. The van der Waals surface area contributed by atoms with Crippen molar-refractivity contribution in [3.05, 3.63) is 12.2 Å². The lowest BCUT2D eigenvalue weighted by atomic mass is 10.2. The van der Waals surface area contributed by atoms with Crippen LogP contribution in [0.4, 0.5) is 0 Å². The average molecular weight is 142 g/mol. The van der Waals surface area contributed by atoms with Crippen LogP contribution in [-0.2, 0) is 9.53 Å². The molecule has 0 saturated carbocycles. The Kier molecular flexibility index (Phi) is 4.63. The van der Waals surface area contributed by atoms with Crippen molar-refractivity contribution < 1.29 is 9.53 Å². The Balaban J connectivity index is 3.30. The van der Waals surface area contributed by atoms with Crippen LogP contribution in [0.1, 0.15) is 26.7 Å². The summed E-state index contributed by atoms with van der Waals surface area (Å²) in [5, 5.41) is 0. The van der Waals surface area contributed by atoms with Gasteiger partial charge < -0.3 is 4.74 Å². The van der Waals surface area contributed by atoms with Gasteiger partial charge in [0.2, 0.25) is 0 Å². The number of carbonyl (C=O) groups excluding carboxylic acids is 1. The van der Waals surface area contributed by atoms with E-state index in [0.717, 1.165) is 18.4 Å². The van der Waals surface area contributed by atoms with Crippen LogP contribution >= 0.6 is 0 Å². The second-order valence-electron chi connectivity index (χ2n) is 2.28. The summed E-state index contributed by atoms with van der Waals surface area (Å²) in [6.07, 6.45) is 1.99. The predicted octanol–water partition coefficient (Wildman–Crippen LogP) is 1.91. The molecule has 0 bridgehead atoms. The third-order valence-corrected chi connectivity index (χ3v) is 1.08. The van der Waals surface area contributed by atoms with Gasteiger partial charge >= 0.3 is 5.97 Å². The molecule has 2 nitrogen and oxygen atoms in total. The van der Waals surface area contributed by atoms with Crippen LogP contribution in [0.3, 0.4) is 0 Å². The van der Waals surface area contributed by atoms with Gasteiger partial charge in [-0.3, -0.25) is 4.79 Å². The zero-order chi connectivity index (χ0) is 7.98. The molecule has 0 heterocycles. The highest BCUT2D eigenvalue weighted by atomic mass is 16.5. The highest BCUT2D eigenvalue weighted by molar-refractivity contribution is 5.66. The van der Waals surface area contributed by atoms with Crippen LogP contribution in [0, 0.1) is 0 Å². The minimum atomic E-state index is -0.239. The van der Waals surface area contributed by atoms with Gasteiger partial charge in [0.15, 0.2) is 0 Å². The quantitative estimate of drug-likeness (QED) is 0.442. The topological polar surface area (TPSA) is 26.3 Å². The molecule has 0 atom stereocenters. The van der Waals surface area contributed by atoms with E-state index in [1.54, 1.807) is 0 Å². The number of hydrogen-bond acceptors (Lipinski definition) is 2. The summed E-state index contributed by atoms with van der Waals surface area (Å²) < 4.78 is 4.72. The van der Waals surface area contributed by atoms with Gasteiger partial charge in [-0.2, -0.15) is 0 Å². The Morgan fingerprint density at radius 2 is 2.20 bits per heavy atom. The van der Waals surface area contributed by atoms with Crippen LogP contribution in [0.2, 0.25) is 0 Å². The first-order chi connectivity index (χ1) is 4.66. The van der Waals surface area contributed by atoms with Gasteiger partial charge in [-0.15, -0.1) is 0 Å². The lowest BCUT2D eigenvalue weighted by molar-refractivity contribution is -0.140. The Morgan fingerprint density at radius 3 is 2.60 bits per heavy atom. The molecule has 0 radical (unpaired) electrons. The van der Waals surface area contributed by atoms with E-state index in [-0.39, 0.29) is 5.97 Å². The van der Waals surface area contributed by atoms with E-state index >= 15 is 0 Å². The molecule has 10 heavy (non-hydrogen) atoms. The molecule has 2 heteroatoms. The molecule has 0 fully saturated rings. The maximum atomic E-state index is 10.3. The minimum Gasteiger partial charge on any atom is -0.461 e. The van der Waals surface area contributed by atoms with Crippen molar-refractivity contribution in [2.45, 2.75) is 26.7 Å². The van der Waals surface area contributed by atoms with Crippen LogP contribution in [0.25, 0.3) is 0 Å². The first kappa shape index (κ1) is 9.21. The Labute approximate surface area is 61.9 Å². The first-order valence-electron chi connectivity index (χ1n) is 3.46. The van der Waals surface area contributed by atoms with E-state index < -0.39 is 0 Å². The van der Waals surface area contributed by atoms with Gasteiger partial charge in [0.1, 0.15) is 6.61 Å². The van der Waals surface area contributed by atoms with E-state index in [1.165, 1.54) is 6.92 Å². The number of esters is 1. The lowest BCUT2D eigenvalue weighted by Gasteiger charge is -2.02. The number of hydrogen-bond donors (Lipinski definition) is 0. The van der Waals surface area contributed by atoms with Crippen LogP contribution < -0.4 is 0 Å². The summed E-state index contributed by atoms with van der Waals surface area (Å²) in [5.41, 5.74) is 0.984. The molecule has 0 aliphatic heterocycles. The predicted molar refractivity (Wildman–Crippen MR) is 40.7 cm³/mol. The van der Waals surface area contributed by atoms with Crippen molar-refractivity contribution in [3.8, 4) is 0 Å². The first-order valence-corrected chi connectivity index (χ1v) is 3.46. The third kappa shape index (κ3) is 5.35. The van der Waals surface area contributed by atoms with Gasteiger partial charge in [-0.25, -0.2) is 0 Å². The van der Waals surface area contributed by atoms with E-state index in [2.05, 4.69) is 13.5 Å². The second-order valence-corrected chi connectivity index (χ2v) is 2.28. The molecular weight excluding hydrogens is 128 g/mol. The Bertz CT molecular complexity index is 127. The van der Waals surface area contributed by atoms with Gasteiger partial charge in [0, 0.05) is 6.92 Å². The summed E-state index contributed by atoms with van der Waals surface area (Å²) in [6, 6.07) is 0. The molecule has 0 amide bonds. The highest BCUT2D eigenvalue weighted by Crippen LogP contribution is 2.01. The maximum absolute atomic E-state index is 10.3. The largest absolute Gasteiger partial charge is 0.461 e. The normalized spacial score (nSPS) is 9.00. The Hall–Kier alpha value is -0.790. The molecule has 0 aromatic heterocycles. The highest BCUT2D eigenvalue weighted by Gasteiger charge is 1.94. The fraction of sp³-hybridized carbons (Fsp3) is 0.625. The van der Waals surface area contributed by atoms with Crippen LogP contribution in [0.5, 0.6) is 0 Å². The van der Waals surface area contributed by atoms with Crippen molar-refractivity contribution in [2.75, 3.05) is 6.61 Å². The summed E-state index contributed by atoms with van der Waals surface area (Å²) in [7, 11) is 0. The van der Waals surface area contributed by atoms with Crippen molar-refractivity contribution in [1.82, 2.24) is 0 Å². The fourth-order valence-electron chi connectivity index (χ4n) is 0.629. The van der Waals surface area contributed by atoms with Gasteiger partial charge in [0.25, 0.3) is 0 Å². The smallest absolute Gasteiger partial charge is 0.302 e. The van der Waals surface area contributed by atoms with Gasteiger partial charge in [0.05, 0.1) is 0 Å². The molecule has 0 N–H and O–H groups in total. The molecule has 0 aromatic carbocycles. The zero-order valence-electron chi connectivity index (χ0n) is 6.64. The molecule has 0 saturated heterocycles. The average Bonchev–Trinajstić information content (AvgIpc) is 1.85. The van der Waals surface area contributed by atoms with E-state index in [4.69, 9.17) is 4.74 Å². The summed E-state index contributed by atoms with van der Waals surface area (Å²) in [5.74, 6) is -0.239. The van der Waals surface area contributed by atoms with Gasteiger partial charge in [-0.1, -0.05) is 19.9 Å². The van der Waals surface area contributed by atoms with Crippen molar-refractivity contribution in [2.24, 2.45) is 0 Å². The monoisotopic (exact) mass is 142 g/mol. The molecular formula is C8H14O2. The molecule has 0 aliphatic rings. The number of rotatable bonds is 4. The Morgan fingerprint density at radius 1 is 1.60 bits per heavy atom. The maximum Gasteiger partial charge on any atom is 0.302 e. The van der Waals surface area contributed by atoms with Crippen LogP contribution in [-0.4, -0.2) is 12.6 Å². The molecule has 0 rings (SSSR count). The standard InChI is InChI=1S/C8H14O2/c1-4-5-7(2)6-10-8(3)9/h2,4-6H2,1,3H3. The molecule has 0 spiro atoms. The second kappa shape index (κ2) is 5.03. The summed E-state index contributed by atoms with van der Waals surface area (Å²) in [4.78, 5) is 10.3. The zero-order valence-corrected chi connectivity index (χ0v) is 6.64. The van der Waals surface area contributed by atoms with Gasteiger partial charge in [-0.05, 0) is 12.0 Å². The molecule has 0 unspecified atom stereocenters. The third-order valence-electron chi connectivity index (χ3n) is 1.08. The van der Waals surface area contributed by atoms with Crippen molar-refractivity contribution in [1.29, 1.82) is 0 Å². The lowest BCUT2D eigenvalue weighted by Crippen LogP contribution is -2.02.